The summed E-state index contributed by atoms with van der Waals surface area (Å²) in [6, 6.07) is -0.178. The quantitative estimate of drug-likeness (QED) is 0.785. The molecule has 4 fully saturated rings. The normalized spacial score (nSPS) is 40.5. The average Bonchev–Trinajstić information content (AvgIpc) is 3.26. The minimum atomic E-state index is -0.139. The Morgan fingerprint density at radius 1 is 0.880 bits per heavy atom. The number of amides is 2. The van der Waals surface area contributed by atoms with Crippen LogP contribution in [-0.4, -0.2) is 49.3 Å². The Bertz CT molecular complexity index is 514. The zero-order valence-electron chi connectivity index (χ0n) is 15.0. The standard InChI is InChI=1S/C19H30N2O4/c1-11-2-4-12(5-3-11)8-16(22)20-14-9-24-18-15(10-25-17(14)18)21-19(23)13-6-7-13/h11-15,17-18H,2-10H2,1H3,(H,20,22)(H,21,23). The molecule has 4 atom stereocenters. The van der Waals surface area contributed by atoms with Gasteiger partial charge in [-0.2, -0.15) is 0 Å². The summed E-state index contributed by atoms with van der Waals surface area (Å²) in [4.78, 5) is 24.4. The SMILES string of the molecule is CC1CCC(CC(=O)NC2COC3C(NC(=O)C4CC4)COC23)CC1. The van der Waals surface area contributed by atoms with E-state index in [1.54, 1.807) is 0 Å². The maximum atomic E-state index is 12.4. The van der Waals surface area contributed by atoms with Crippen LogP contribution in [0.25, 0.3) is 0 Å². The van der Waals surface area contributed by atoms with Crippen LogP contribution in [0.4, 0.5) is 0 Å². The molecule has 2 saturated carbocycles. The van der Waals surface area contributed by atoms with Gasteiger partial charge in [-0.25, -0.2) is 0 Å². The topological polar surface area (TPSA) is 76.7 Å². The van der Waals surface area contributed by atoms with Crippen LogP contribution >= 0.6 is 0 Å². The van der Waals surface area contributed by atoms with E-state index in [4.69, 9.17) is 9.47 Å². The minimum absolute atomic E-state index is 0.0835. The number of rotatable bonds is 5. The van der Waals surface area contributed by atoms with Gasteiger partial charge in [-0.15, -0.1) is 0 Å². The molecule has 0 spiro atoms. The Morgan fingerprint density at radius 2 is 1.48 bits per heavy atom. The monoisotopic (exact) mass is 350 g/mol. The number of hydrogen-bond donors (Lipinski definition) is 2. The largest absolute Gasteiger partial charge is 0.371 e. The first-order chi connectivity index (χ1) is 12.1. The molecule has 2 amide bonds. The van der Waals surface area contributed by atoms with Crippen molar-refractivity contribution in [1.82, 2.24) is 10.6 Å². The lowest BCUT2D eigenvalue weighted by atomic mass is 9.81. The van der Waals surface area contributed by atoms with Crippen molar-refractivity contribution in [3.8, 4) is 0 Å². The van der Waals surface area contributed by atoms with Crippen molar-refractivity contribution >= 4 is 11.8 Å². The van der Waals surface area contributed by atoms with Gasteiger partial charge in [0.1, 0.15) is 12.2 Å². The lowest BCUT2D eigenvalue weighted by Gasteiger charge is -2.26. The number of hydrogen-bond acceptors (Lipinski definition) is 4. The number of fused-ring (bicyclic) bond motifs is 1. The van der Waals surface area contributed by atoms with Gasteiger partial charge >= 0.3 is 0 Å². The highest BCUT2D eigenvalue weighted by atomic mass is 16.6. The van der Waals surface area contributed by atoms with Crippen LogP contribution in [0, 0.1) is 17.8 Å². The minimum Gasteiger partial charge on any atom is -0.371 e. The first-order valence-corrected chi connectivity index (χ1v) is 9.93. The molecule has 6 nitrogen and oxygen atoms in total. The first-order valence-electron chi connectivity index (χ1n) is 9.93. The Labute approximate surface area is 149 Å². The van der Waals surface area contributed by atoms with E-state index in [-0.39, 0.29) is 42.0 Å². The van der Waals surface area contributed by atoms with Crippen LogP contribution in [0.3, 0.4) is 0 Å². The van der Waals surface area contributed by atoms with Crippen molar-refractivity contribution in [3.63, 3.8) is 0 Å². The average molecular weight is 350 g/mol. The fourth-order valence-corrected chi connectivity index (χ4v) is 4.45. The number of carbonyl (C=O) groups is 2. The third kappa shape index (κ3) is 4.00. The Balaban J connectivity index is 1.24. The summed E-state index contributed by atoms with van der Waals surface area (Å²) < 4.78 is 11.7. The van der Waals surface area contributed by atoms with E-state index >= 15 is 0 Å². The highest BCUT2D eigenvalue weighted by Crippen LogP contribution is 2.32. The molecular formula is C19H30N2O4. The highest BCUT2D eigenvalue weighted by molar-refractivity contribution is 5.81. The van der Waals surface area contributed by atoms with E-state index in [2.05, 4.69) is 17.6 Å². The third-order valence-corrected chi connectivity index (χ3v) is 6.29. The molecule has 0 radical (unpaired) electrons. The molecule has 4 aliphatic rings. The first kappa shape index (κ1) is 17.3. The van der Waals surface area contributed by atoms with E-state index in [0.29, 0.717) is 25.6 Å². The van der Waals surface area contributed by atoms with Gasteiger partial charge in [-0.3, -0.25) is 9.59 Å². The van der Waals surface area contributed by atoms with Crippen LogP contribution in [0.2, 0.25) is 0 Å². The molecule has 2 saturated heterocycles. The molecule has 2 N–H and O–H groups in total. The molecule has 0 aromatic heterocycles. The summed E-state index contributed by atoms with van der Waals surface area (Å²) in [5, 5.41) is 6.17. The summed E-state index contributed by atoms with van der Waals surface area (Å²) >= 11 is 0. The van der Waals surface area contributed by atoms with E-state index in [1.165, 1.54) is 12.8 Å². The Kier molecular flexibility index (Phi) is 5.00. The van der Waals surface area contributed by atoms with Gasteiger partial charge in [0.25, 0.3) is 0 Å². The van der Waals surface area contributed by atoms with E-state index in [9.17, 15) is 9.59 Å². The number of nitrogens with one attached hydrogen (secondary N) is 2. The number of ether oxygens (including phenoxy) is 2. The molecule has 0 bridgehead atoms. The van der Waals surface area contributed by atoms with Gasteiger partial charge in [0.15, 0.2) is 0 Å². The second-order valence-corrected chi connectivity index (χ2v) is 8.49. The molecule has 6 heteroatoms. The molecular weight excluding hydrogens is 320 g/mol. The van der Waals surface area contributed by atoms with Gasteiger partial charge in [0.2, 0.25) is 11.8 Å². The zero-order chi connectivity index (χ0) is 17.4. The fraction of sp³-hybridized carbons (Fsp3) is 0.895. The lowest BCUT2D eigenvalue weighted by molar-refractivity contribution is -0.124. The molecule has 25 heavy (non-hydrogen) atoms. The van der Waals surface area contributed by atoms with Crippen molar-refractivity contribution in [1.29, 1.82) is 0 Å². The van der Waals surface area contributed by atoms with Gasteiger partial charge in [-0.05, 0) is 37.5 Å². The highest BCUT2D eigenvalue weighted by Gasteiger charge is 2.49. The molecule has 2 aliphatic heterocycles. The summed E-state index contributed by atoms with van der Waals surface area (Å²) in [7, 11) is 0. The Hall–Kier alpha value is -1.14. The van der Waals surface area contributed by atoms with E-state index < -0.39 is 0 Å². The lowest BCUT2D eigenvalue weighted by Crippen LogP contribution is -2.47. The summed E-state index contributed by atoms with van der Waals surface area (Å²) in [5.74, 6) is 1.75. The molecule has 4 rings (SSSR count). The molecule has 4 unspecified atom stereocenters. The molecule has 2 heterocycles. The summed E-state index contributed by atoms with van der Waals surface area (Å²) in [5.41, 5.74) is 0. The molecule has 0 aromatic carbocycles. The smallest absolute Gasteiger partial charge is 0.223 e. The van der Waals surface area contributed by atoms with Gasteiger partial charge in [0, 0.05) is 12.3 Å². The third-order valence-electron chi connectivity index (χ3n) is 6.29. The molecule has 0 aromatic rings. The van der Waals surface area contributed by atoms with Crippen LogP contribution in [0.1, 0.15) is 51.9 Å². The van der Waals surface area contributed by atoms with Gasteiger partial charge in [0.05, 0.1) is 25.3 Å². The van der Waals surface area contributed by atoms with Crippen molar-refractivity contribution < 1.29 is 19.1 Å². The number of carbonyl (C=O) groups excluding carboxylic acids is 2. The summed E-state index contributed by atoms with van der Waals surface area (Å²) in [6.07, 6.45) is 7.12. The second kappa shape index (κ2) is 7.23. The van der Waals surface area contributed by atoms with Gasteiger partial charge < -0.3 is 20.1 Å². The molecule has 2 aliphatic carbocycles. The van der Waals surface area contributed by atoms with E-state index in [0.717, 1.165) is 31.6 Å². The van der Waals surface area contributed by atoms with Crippen LogP contribution in [0.5, 0.6) is 0 Å². The fourth-order valence-electron chi connectivity index (χ4n) is 4.45. The van der Waals surface area contributed by atoms with Crippen molar-refractivity contribution in [3.05, 3.63) is 0 Å². The van der Waals surface area contributed by atoms with Crippen LogP contribution in [0.15, 0.2) is 0 Å². The summed E-state index contributed by atoms with van der Waals surface area (Å²) in [6.45, 7) is 3.24. The predicted octanol–water partition coefficient (Wildman–Crippen LogP) is 1.38. The van der Waals surface area contributed by atoms with Gasteiger partial charge in [-0.1, -0.05) is 19.8 Å². The second-order valence-electron chi connectivity index (χ2n) is 8.49. The van der Waals surface area contributed by atoms with Crippen molar-refractivity contribution in [2.45, 2.75) is 76.2 Å². The van der Waals surface area contributed by atoms with Crippen molar-refractivity contribution in [2.75, 3.05) is 13.2 Å². The Morgan fingerprint density at radius 3 is 2.08 bits per heavy atom. The van der Waals surface area contributed by atoms with Crippen LogP contribution in [-0.2, 0) is 19.1 Å². The molecule has 140 valence electrons. The predicted molar refractivity (Wildman–Crippen MR) is 91.8 cm³/mol. The van der Waals surface area contributed by atoms with E-state index in [1.807, 2.05) is 0 Å². The van der Waals surface area contributed by atoms with Crippen LogP contribution < -0.4 is 10.6 Å². The maximum absolute atomic E-state index is 12.4. The van der Waals surface area contributed by atoms with Crippen molar-refractivity contribution in [2.24, 2.45) is 17.8 Å². The zero-order valence-corrected chi connectivity index (χ0v) is 15.0. The maximum Gasteiger partial charge on any atom is 0.223 e.